The van der Waals surface area contributed by atoms with Crippen LogP contribution in [0.3, 0.4) is 0 Å². The number of aromatic nitrogens is 2. The van der Waals surface area contributed by atoms with Crippen molar-refractivity contribution in [3.8, 4) is 5.69 Å². The zero-order chi connectivity index (χ0) is 16.7. The van der Waals surface area contributed by atoms with Crippen molar-refractivity contribution in [1.29, 1.82) is 0 Å². The average molecular weight is 317 g/mol. The van der Waals surface area contributed by atoms with Crippen molar-refractivity contribution in [2.45, 2.75) is 12.8 Å². The maximum absolute atomic E-state index is 11.7. The summed E-state index contributed by atoms with van der Waals surface area (Å²) in [6, 6.07) is 11.2. The summed E-state index contributed by atoms with van der Waals surface area (Å²) in [5.41, 5.74) is 1.93. The SMILES string of the molecule is COC(=O)c1cc(CCCNC(=O)CO)n(-c2ccccc2)n1. The molecule has 0 bridgehead atoms. The number of aliphatic hydroxyl groups is 1. The number of benzene rings is 1. The number of amides is 1. The minimum absolute atomic E-state index is 0.241. The highest BCUT2D eigenvalue weighted by Crippen LogP contribution is 2.15. The van der Waals surface area contributed by atoms with Gasteiger partial charge in [0.25, 0.3) is 0 Å². The molecule has 1 aromatic heterocycles. The summed E-state index contributed by atoms with van der Waals surface area (Å²) in [4.78, 5) is 22.7. The molecule has 1 aromatic carbocycles. The van der Waals surface area contributed by atoms with Crippen LogP contribution in [0.15, 0.2) is 36.4 Å². The first-order valence-electron chi connectivity index (χ1n) is 7.26. The van der Waals surface area contributed by atoms with Gasteiger partial charge in [-0.15, -0.1) is 0 Å². The van der Waals surface area contributed by atoms with E-state index in [9.17, 15) is 9.59 Å². The highest BCUT2D eigenvalue weighted by molar-refractivity contribution is 5.87. The number of nitrogens with zero attached hydrogens (tertiary/aromatic N) is 2. The molecule has 7 nitrogen and oxygen atoms in total. The van der Waals surface area contributed by atoms with Crippen LogP contribution in [0, 0.1) is 0 Å². The second-order valence-corrected chi connectivity index (χ2v) is 4.87. The van der Waals surface area contributed by atoms with E-state index >= 15 is 0 Å². The van der Waals surface area contributed by atoms with Crippen LogP contribution in [0.4, 0.5) is 0 Å². The van der Waals surface area contributed by atoms with Crippen molar-refractivity contribution >= 4 is 11.9 Å². The van der Waals surface area contributed by atoms with E-state index in [0.29, 0.717) is 19.4 Å². The van der Waals surface area contributed by atoms with Gasteiger partial charge in [-0.05, 0) is 31.0 Å². The number of ether oxygens (including phenoxy) is 1. The summed E-state index contributed by atoms with van der Waals surface area (Å²) in [5.74, 6) is -0.897. The molecule has 0 radical (unpaired) electrons. The van der Waals surface area contributed by atoms with Gasteiger partial charge in [0.15, 0.2) is 5.69 Å². The maximum Gasteiger partial charge on any atom is 0.358 e. The van der Waals surface area contributed by atoms with Crippen LogP contribution in [-0.2, 0) is 16.0 Å². The van der Waals surface area contributed by atoms with E-state index in [-0.39, 0.29) is 5.69 Å². The van der Waals surface area contributed by atoms with Crippen molar-refractivity contribution < 1.29 is 19.4 Å². The predicted octanol–water partition coefficient (Wildman–Crippen LogP) is 0.700. The Morgan fingerprint density at radius 1 is 1.30 bits per heavy atom. The third kappa shape index (κ3) is 4.40. The highest BCUT2D eigenvalue weighted by atomic mass is 16.5. The number of nitrogens with one attached hydrogen (secondary N) is 1. The number of methoxy groups -OCH3 is 1. The molecular weight excluding hydrogens is 298 g/mol. The third-order valence-electron chi connectivity index (χ3n) is 3.25. The molecule has 0 spiro atoms. The summed E-state index contributed by atoms with van der Waals surface area (Å²) < 4.78 is 6.41. The van der Waals surface area contributed by atoms with Gasteiger partial charge in [0.05, 0.1) is 12.8 Å². The number of aryl methyl sites for hydroxylation is 1. The van der Waals surface area contributed by atoms with Gasteiger partial charge < -0.3 is 15.2 Å². The highest BCUT2D eigenvalue weighted by Gasteiger charge is 2.15. The quantitative estimate of drug-likeness (QED) is 0.579. The normalized spacial score (nSPS) is 10.3. The predicted molar refractivity (Wildman–Crippen MR) is 83.3 cm³/mol. The van der Waals surface area contributed by atoms with Crippen LogP contribution >= 0.6 is 0 Å². The van der Waals surface area contributed by atoms with Crippen LogP contribution in [0.5, 0.6) is 0 Å². The van der Waals surface area contributed by atoms with Gasteiger partial charge in [-0.3, -0.25) is 4.79 Å². The van der Waals surface area contributed by atoms with Crippen LogP contribution in [0.2, 0.25) is 0 Å². The fourth-order valence-corrected chi connectivity index (χ4v) is 2.15. The van der Waals surface area contributed by atoms with Crippen molar-refractivity contribution in [2.75, 3.05) is 20.3 Å². The molecule has 0 saturated heterocycles. The number of aliphatic hydroxyl groups excluding tert-OH is 1. The van der Waals surface area contributed by atoms with Crippen LogP contribution < -0.4 is 5.32 Å². The van der Waals surface area contributed by atoms with Crippen LogP contribution in [0.1, 0.15) is 22.6 Å². The Kier molecular flexibility index (Phi) is 5.87. The van der Waals surface area contributed by atoms with E-state index in [1.807, 2.05) is 30.3 Å². The Hall–Kier alpha value is -2.67. The van der Waals surface area contributed by atoms with Crippen molar-refractivity contribution in [2.24, 2.45) is 0 Å². The smallest absolute Gasteiger partial charge is 0.358 e. The Morgan fingerprint density at radius 3 is 2.70 bits per heavy atom. The van der Waals surface area contributed by atoms with E-state index < -0.39 is 18.5 Å². The lowest BCUT2D eigenvalue weighted by atomic mass is 10.2. The molecule has 2 aromatic rings. The Bertz CT molecular complexity index is 667. The topological polar surface area (TPSA) is 93.5 Å². The number of para-hydroxylation sites is 1. The summed E-state index contributed by atoms with van der Waals surface area (Å²) in [7, 11) is 1.31. The van der Waals surface area contributed by atoms with Gasteiger partial charge >= 0.3 is 5.97 Å². The molecule has 1 heterocycles. The lowest BCUT2D eigenvalue weighted by molar-refractivity contribution is -0.123. The standard InChI is InChI=1S/C16H19N3O4/c1-23-16(22)14-10-13(8-5-9-17-15(21)11-20)19(18-14)12-6-3-2-4-7-12/h2-4,6-7,10,20H,5,8-9,11H2,1H3,(H,17,21). The van der Waals surface area contributed by atoms with E-state index in [1.54, 1.807) is 10.7 Å². The fourth-order valence-electron chi connectivity index (χ4n) is 2.15. The van der Waals surface area contributed by atoms with Crippen molar-refractivity contribution in [1.82, 2.24) is 15.1 Å². The molecule has 0 aliphatic carbocycles. The number of carbonyl (C=O) groups is 2. The van der Waals surface area contributed by atoms with E-state index in [4.69, 9.17) is 9.84 Å². The summed E-state index contributed by atoms with van der Waals surface area (Å²) in [6.45, 7) is -0.0820. The second-order valence-electron chi connectivity index (χ2n) is 4.87. The summed E-state index contributed by atoms with van der Waals surface area (Å²) in [6.07, 6.45) is 1.27. The molecule has 0 atom stereocenters. The molecule has 2 N–H and O–H groups in total. The molecule has 1 amide bonds. The lowest BCUT2D eigenvalue weighted by Crippen LogP contribution is -2.27. The Labute approximate surface area is 133 Å². The number of hydrogen-bond acceptors (Lipinski definition) is 5. The minimum atomic E-state index is -0.519. The van der Waals surface area contributed by atoms with Crippen LogP contribution in [-0.4, -0.2) is 47.0 Å². The molecule has 0 saturated carbocycles. The Balaban J connectivity index is 2.14. The molecule has 23 heavy (non-hydrogen) atoms. The van der Waals surface area contributed by atoms with E-state index in [0.717, 1.165) is 11.4 Å². The molecule has 2 rings (SSSR count). The molecular formula is C16H19N3O4. The number of hydrogen-bond donors (Lipinski definition) is 2. The lowest BCUT2D eigenvalue weighted by Gasteiger charge is -2.07. The van der Waals surface area contributed by atoms with Crippen LogP contribution in [0.25, 0.3) is 5.69 Å². The number of esters is 1. The molecule has 0 aliphatic heterocycles. The minimum Gasteiger partial charge on any atom is -0.464 e. The monoisotopic (exact) mass is 317 g/mol. The fraction of sp³-hybridized carbons (Fsp3) is 0.312. The van der Waals surface area contributed by atoms with Crippen molar-refractivity contribution in [3.63, 3.8) is 0 Å². The molecule has 7 heteroatoms. The average Bonchev–Trinajstić information content (AvgIpc) is 3.02. The second kappa shape index (κ2) is 8.09. The van der Waals surface area contributed by atoms with Crippen molar-refractivity contribution in [3.05, 3.63) is 47.8 Å². The van der Waals surface area contributed by atoms with E-state index in [1.165, 1.54) is 7.11 Å². The largest absolute Gasteiger partial charge is 0.464 e. The number of rotatable bonds is 7. The van der Waals surface area contributed by atoms with Gasteiger partial charge in [0.2, 0.25) is 5.91 Å². The first-order valence-corrected chi connectivity index (χ1v) is 7.26. The zero-order valence-corrected chi connectivity index (χ0v) is 12.9. The molecule has 0 aliphatic rings. The molecule has 0 unspecified atom stereocenters. The van der Waals surface area contributed by atoms with Gasteiger partial charge in [-0.2, -0.15) is 5.10 Å². The zero-order valence-electron chi connectivity index (χ0n) is 12.9. The van der Waals surface area contributed by atoms with Gasteiger partial charge in [0, 0.05) is 12.2 Å². The number of carbonyl (C=O) groups excluding carboxylic acids is 2. The maximum atomic E-state index is 11.7. The van der Waals surface area contributed by atoms with Gasteiger partial charge in [0.1, 0.15) is 6.61 Å². The van der Waals surface area contributed by atoms with Gasteiger partial charge in [-0.25, -0.2) is 9.48 Å². The van der Waals surface area contributed by atoms with Gasteiger partial charge in [-0.1, -0.05) is 18.2 Å². The first-order chi connectivity index (χ1) is 11.2. The summed E-state index contributed by atoms with van der Waals surface area (Å²) >= 11 is 0. The first kappa shape index (κ1) is 16.7. The molecule has 0 fully saturated rings. The summed E-state index contributed by atoms with van der Waals surface area (Å²) in [5, 5.41) is 15.5. The Morgan fingerprint density at radius 2 is 2.04 bits per heavy atom. The molecule has 122 valence electrons. The van der Waals surface area contributed by atoms with E-state index in [2.05, 4.69) is 10.4 Å². The third-order valence-corrected chi connectivity index (χ3v) is 3.25.